The molecule has 0 saturated carbocycles. The highest BCUT2D eigenvalue weighted by Gasteiger charge is 2.08. The Kier molecular flexibility index (Phi) is 4.64. The fourth-order valence-corrected chi connectivity index (χ4v) is 2.40. The van der Waals surface area contributed by atoms with Crippen LogP contribution in [0.1, 0.15) is 0 Å². The molecule has 0 aliphatic heterocycles. The van der Waals surface area contributed by atoms with Gasteiger partial charge in [-0.1, -0.05) is 11.8 Å². The van der Waals surface area contributed by atoms with Gasteiger partial charge in [-0.3, -0.25) is 9.36 Å². The van der Waals surface area contributed by atoms with Crippen molar-refractivity contribution in [3.63, 3.8) is 0 Å². The average molecular weight is 390 g/mol. The van der Waals surface area contributed by atoms with Crippen LogP contribution in [0.25, 0.3) is 0 Å². The van der Waals surface area contributed by atoms with Gasteiger partial charge in [0.2, 0.25) is 5.91 Å². The molecule has 0 atom stereocenters. The second-order valence-corrected chi connectivity index (χ2v) is 5.90. The first-order valence-corrected chi connectivity index (χ1v) is 7.42. The van der Waals surface area contributed by atoms with E-state index in [1.807, 2.05) is 24.3 Å². The Hall–Kier alpha value is -1.29. The molecule has 0 fully saturated rings. The Morgan fingerprint density at radius 1 is 1.47 bits per heavy atom. The van der Waals surface area contributed by atoms with Gasteiger partial charge in [0.1, 0.15) is 0 Å². The van der Waals surface area contributed by atoms with Gasteiger partial charge in [0.25, 0.3) is 0 Å². The second-order valence-electron chi connectivity index (χ2n) is 3.71. The second kappa shape index (κ2) is 6.24. The summed E-state index contributed by atoms with van der Waals surface area (Å²) in [4.78, 5) is 22.9. The van der Waals surface area contributed by atoms with Crippen molar-refractivity contribution in [2.24, 2.45) is 7.05 Å². The molecule has 0 radical (unpaired) electrons. The van der Waals surface area contributed by atoms with E-state index in [1.54, 1.807) is 7.05 Å². The minimum absolute atomic E-state index is 0.137. The van der Waals surface area contributed by atoms with Crippen molar-refractivity contribution in [3.05, 3.63) is 38.3 Å². The van der Waals surface area contributed by atoms with Gasteiger partial charge in [0.05, 0.1) is 5.75 Å². The number of hydrogen-bond acceptors (Lipinski definition) is 4. The average Bonchev–Trinajstić information content (AvgIpc) is 2.70. The monoisotopic (exact) mass is 390 g/mol. The highest BCUT2D eigenvalue weighted by atomic mass is 127. The van der Waals surface area contributed by atoms with Gasteiger partial charge in [-0.2, -0.15) is 0 Å². The number of carbonyl (C=O) groups excluding carboxylic acids is 1. The molecule has 1 amide bonds. The first kappa shape index (κ1) is 14.1. The Morgan fingerprint density at radius 2 is 2.16 bits per heavy atom. The molecular weight excluding hydrogens is 379 g/mol. The quantitative estimate of drug-likeness (QED) is 0.612. The lowest BCUT2D eigenvalue weighted by Gasteiger charge is -2.04. The van der Waals surface area contributed by atoms with E-state index >= 15 is 0 Å². The van der Waals surface area contributed by atoms with Crippen LogP contribution >= 0.6 is 34.4 Å². The van der Waals surface area contributed by atoms with Gasteiger partial charge in [-0.05, 0) is 46.9 Å². The van der Waals surface area contributed by atoms with Crippen molar-refractivity contribution in [1.82, 2.24) is 14.8 Å². The molecule has 2 aromatic rings. The smallest absolute Gasteiger partial charge is 0.325 e. The minimum Gasteiger partial charge on any atom is -0.325 e. The number of nitrogens with zero attached hydrogens (tertiary/aromatic N) is 2. The molecule has 1 aromatic heterocycles. The third kappa shape index (κ3) is 3.83. The fourth-order valence-electron chi connectivity index (χ4n) is 1.32. The van der Waals surface area contributed by atoms with Crippen molar-refractivity contribution >= 4 is 45.9 Å². The summed E-state index contributed by atoms with van der Waals surface area (Å²) in [6, 6.07) is 7.52. The number of H-pyrrole nitrogens is 1. The maximum absolute atomic E-state index is 11.7. The van der Waals surface area contributed by atoms with Crippen LogP contribution in [0.4, 0.5) is 5.69 Å². The number of aromatic amines is 1. The summed E-state index contributed by atoms with van der Waals surface area (Å²) in [6.07, 6.45) is 0. The summed E-state index contributed by atoms with van der Waals surface area (Å²) in [6.45, 7) is 0. The third-order valence-electron chi connectivity index (χ3n) is 2.30. The lowest BCUT2D eigenvalue weighted by Crippen LogP contribution is -2.16. The van der Waals surface area contributed by atoms with E-state index in [0.29, 0.717) is 5.16 Å². The standard InChI is InChI=1S/C11H11IN4O2S/c1-16-10(18)14-15-11(16)19-6-9(17)13-8-4-2-7(12)3-5-8/h2-5H,6H2,1H3,(H,13,17)(H,14,18). The SMILES string of the molecule is Cn1c(SCC(=O)Nc2ccc(I)cc2)n[nH]c1=O. The number of thioether (sulfide) groups is 1. The number of anilines is 1. The number of halogens is 1. The Bertz CT molecular complexity index is 635. The zero-order valence-corrected chi connectivity index (χ0v) is 13.0. The molecule has 0 saturated heterocycles. The van der Waals surface area contributed by atoms with Gasteiger partial charge in [-0.25, -0.2) is 9.89 Å². The maximum atomic E-state index is 11.7. The molecule has 0 aliphatic carbocycles. The number of carbonyl (C=O) groups is 1. The van der Waals surface area contributed by atoms with E-state index in [2.05, 4.69) is 38.1 Å². The van der Waals surface area contributed by atoms with Crippen LogP contribution in [-0.2, 0) is 11.8 Å². The molecule has 2 N–H and O–H groups in total. The van der Waals surface area contributed by atoms with Crippen LogP contribution in [-0.4, -0.2) is 26.4 Å². The van der Waals surface area contributed by atoms with Gasteiger partial charge in [-0.15, -0.1) is 5.10 Å². The number of aromatic nitrogens is 3. The Morgan fingerprint density at radius 3 is 2.74 bits per heavy atom. The summed E-state index contributed by atoms with van der Waals surface area (Å²) < 4.78 is 2.47. The van der Waals surface area contributed by atoms with Crippen molar-refractivity contribution in [1.29, 1.82) is 0 Å². The predicted molar refractivity (Wildman–Crippen MR) is 82.3 cm³/mol. The number of amides is 1. The molecule has 6 nitrogen and oxygen atoms in total. The van der Waals surface area contributed by atoms with E-state index in [-0.39, 0.29) is 17.3 Å². The molecule has 1 heterocycles. The number of rotatable bonds is 4. The van der Waals surface area contributed by atoms with E-state index in [1.165, 1.54) is 16.3 Å². The maximum Gasteiger partial charge on any atom is 0.343 e. The topological polar surface area (TPSA) is 79.8 Å². The molecule has 0 spiro atoms. The first-order valence-electron chi connectivity index (χ1n) is 5.36. The minimum atomic E-state index is -0.291. The van der Waals surface area contributed by atoms with Crippen molar-refractivity contribution in [2.75, 3.05) is 11.1 Å². The third-order valence-corrected chi connectivity index (χ3v) is 4.05. The molecule has 100 valence electrons. The van der Waals surface area contributed by atoms with E-state index < -0.39 is 0 Å². The van der Waals surface area contributed by atoms with E-state index in [0.717, 1.165) is 9.26 Å². The van der Waals surface area contributed by atoms with Crippen molar-refractivity contribution in [2.45, 2.75) is 5.16 Å². The molecule has 0 bridgehead atoms. The summed E-state index contributed by atoms with van der Waals surface area (Å²) in [7, 11) is 1.60. The Balaban J connectivity index is 1.90. The number of benzene rings is 1. The molecule has 1 aromatic carbocycles. The number of hydrogen-bond donors (Lipinski definition) is 2. The van der Waals surface area contributed by atoms with Gasteiger partial charge in [0.15, 0.2) is 5.16 Å². The molecular formula is C11H11IN4O2S. The van der Waals surface area contributed by atoms with E-state index in [4.69, 9.17) is 0 Å². The van der Waals surface area contributed by atoms with Crippen molar-refractivity contribution < 1.29 is 4.79 Å². The summed E-state index contributed by atoms with van der Waals surface area (Å²) >= 11 is 3.40. The van der Waals surface area contributed by atoms with Gasteiger partial charge >= 0.3 is 5.69 Å². The normalized spacial score (nSPS) is 10.4. The number of nitrogens with one attached hydrogen (secondary N) is 2. The molecule has 19 heavy (non-hydrogen) atoms. The summed E-state index contributed by atoms with van der Waals surface area (Å²) in [5.74, 6) is 0.0612. The zero-order chi connectivity index (χ0) is 13.8. The van der Waals surface area contributed by atoms with Crippen LogP contribution in [0.5, 0.6) is 0 Å². The molecule has 2 rings (SSSR count). The highest BCUT2D eigenvalue weighted by Crippen LogP contribution is 2.14. The lowest BCUT2D eigenvalue weighted by atomic mass is 10.3. The fraction of sp³-hybridized carbons (Fsp3) is 0.182. The first-order chi connectivity index (χ1) is 9.06. The van der Waals surface area contributed by atoms with Gasteiger partial charge in [0, 0.05) is 16.3 Å². The van der Waals surface area contributed by atoms with Crippen LogP contribution in [0.3, 0.4) is 0 Å². The lowest BCUT2D eigenvalue weighted by molar-refractivity contribution is -0.113. The molecule has 8 heteroatoms. The van der Waals surface area contributed by atoms with E-state index in [9.17, 15) is 9.59 Å². The van der Waals surface area contributed by atoms with Crippen LogP contribution in [0, 0.1) is 3.57 Å². The van der Waals surface area contributed by atoms with Crippen LogP contribution in [0.15, 0.2) is 34.2 Å². The summed E-state index contributed by atoms with van der Waals surface area (Å²) in [5.41, 5.74) is 0.461. The molecule has 0 unspecified atom stereocenters. The van der Waals surface area contributed by atoms with Crippen LogP contribution < -0.4 is 11.0 Å². The van der Waals surface area contributed by atoms with Gasteiger partial charge < -0.3 is 5.32 Å². The zero-order valence-electron chi connectivity index (χ0n) is 10.0. The predicted octanol–water partition coefficient (Wildman–Crippen LogP) is 1.44. The summed E-state index contributed by atoms with van der Waals surface area (Å²) in [5, 5.41) is 9.40. The molecule has 0 aliphatic rings. The Labute approximate surface area is 127 Å². The highest BCUT2D eigenvalue weighted by molar-refractivity contribution is 14.1. The van der Waals surface area contributed by atoms with Crippen molar-refractivity contribution in [3.8, 4) is 0 Å². The largest absolute Gasteiger partial charge is 0.343 e. The van der Waals surface area contributed by atoms with Crippen LogP contribution in [0.2, 0.25) is 0 Å².